The number of amides is 2. The molecular formula is C19H22ClN3O3. The molecule has 0 atom stereocenters. The van der Waals surface area contributed by atoms with Crippen LogP contribution in [0, 0.1) is 0 Å². The second-order valence-electron chi connectivity index (χ2n) is 5.70. The lowest BCUT2D eigenvalue weighted by atomic mass is 10.2. The van der Waals surface area contributed by atoms with Gasteiger partial charge in [0.1, 0.15) is 5.75 Å². The Balaban J connectivity index is 2.01. The Morgan fingerprint density at radius 2 is 1.85 bits per heavy atom. The fourth-order valence-corrected chi connectivity index (χ4v) is 2.61. The number of nitrogens with two attached hydrogens (primary N) is 1. The number of methoxy groups -OCH3 is 1. The van der Waals surface area contributed by atoms with E-state index in [9.17, 15) is 9.59 Å². The Bertz CT molecular complexity index is 750. The maximum atomic E-state index is 12.3. The van der Waals surface area contributed by atoms with Gasteiger partial charge in [0.15, 0.2) is 0 Å². The summed E-state index contributed by atoms with van der Waals surface area (Å²) in [6.45, 7) is 0.788. The lowest BCUT2D eigenvalue weighted by Crippen LogP contribution is -2.38. The molecule has 0 saturated carbocycles. The Morgan fingerprint density at radius 3 is 2.46 bits per heavy atom. The first-order valence-electron chi connectivity index (χ1n) is 8.17. The number of hydrogen-bond acceptors (Lipinski definition) is 4. The predicted octanol–water partition coefficient (Wildman–Crippen LogP) is 2.35. The summed E-state index contributed by atoms with van der Waals surface area (Å²) in [5.74, 6) is 0.122. The van der Waals surface area contributed by atoms with Gasteiger partial charge in [0.25, 0.3) is 0 Å². The first-order valence-corrected chi connectivity index (χ1v) is 8.55. The predicted molar refractivity (Wildman–Crippen MR) is 102 cm³/mol. The largest absolute Gasteiger partial charge is 0.497 e. The third-order valence-corrected chi connectivity index (χ3v) is 4.20. The van der Waals surface area contributed by atoms with Crippen molar-refractivity contribution in [1.29, 1.82) is 0 Å². The van der Waals surface area contributed by atoms with Crippen molar-refractivity contribution >= 4 is 29.1 Å². The number of benzene rings is 2. The van der Waals surface area contributed by atoms with Crippen LogP contribution in [-0.2, 0) is 16.1 Å². The molecule has 0 spiro atoms. The number of nitrogens with zero attached hydrogens (tertiary/aromatic N) is 1. The van der Waals surface area contributed by atoms with Crippen molar-refractivity contribution in [1.82, 2.24) is 5.32 Å². The number of halogens is 1. The molecule has 0 saturated heterocycles. The van der Waals surface area contributed by atoms with E-state index >= 15 is 0 Å². The van der Waals surface area contributed by atoms with Crippen molar-refractivity contribution < 1.29 is 14.3 Å². The zero-order valence-corrected chi connectivity index (χ0v) is 15.3. The minimum Gasteiger partial charge on any atom is -0.497 e. The number of primary amides is 1. The van der Waals surface area contributed by atoms with Crippen LogP contribution in [0.2, 0.25) is 5.02 Å². The highest BCUT2D eigenvalue weighted by atomic mass is 35.5. The van der Waals surface area contributed by atoms with E-state index in [0.29, 0.717) is 23.9 Å². The molecule has 0 aromatic heterocycles. The molecule has 0 radical (unpaired) electrons. The van der Waals surface area contributed by atoms with Gasteiger partial charge in [-0.05, 0) is 35.9 Å². The highest BCUT2D eigenvalue weighted by Gasteiger charge is 2.13. The standard InChI is InChI=1S/C19H22ClN3O3/c1-26-16-8-6-15(7-9-16)23(11-10-18(21)24)13-19(25)22-12-14-4-2-3-5-17(14)20/h2-9H,10-13H2,1H3,(H2,21,24)(H,22,25). The molecule has 2 aromatic rings. The van der Waals surface area contributed by atoms with Gasteiger partial charge >= 0.3 is 0 Å². The van der Waals surface area contributed by atoms with Crippen LogP contribution in [-0.4, -0.2) is 32.0 Å². The molecular weight excluding hydrogens is 354 g/mol. The van der Waals surface area contributed by atoms with Gasteiger partial charge < -0.3 is 20.7 Å². The molecule has 3 N–H and O–H groups in total. The van der Waals surface area contributed by atoms with Gasteiger partial charge in [0.05, 0.1) is 13.7 Å². The van der Waals surface area contributed by atoms with E-state index in [1.807, 2.05) is 30.3 Å². The van der Waals surface area contributed by atoms with Crippen LogP contribution in [0.4, 0.5) is 5.69 Å². The van der Waals surface area contributed by atoms with Crippen LogP contribution in [0.5, 0.6) is 5.75 Å². The number of rotatable bonds is 9. The van der Waals surface area contributed by atoms with Crippen LogP contribution in [0.3, 0.4) is 0 Å². The van der Waals surface area contributed by atoms with Crippen molar-refractivity contribution in [2.24, 2.45) is 5.73 Å². The zero-order valence-electron chi connectivity index (χ0n) is 14.6. The van der Waals surface area contributed by atoms with Crippen molar-refractivity contribution in [3.63, 3.8) is 0 Å². The fourth-order valence-electron chi connectivity index (χ4n) is 2.40. The van der Waals surface area contributed by atoms with Gasteiger partial charge in [-0.2, -0.15) is 0 Å². The monoisotopic (exact) mass is 375 g/mol. The van der Waals surface area contributed by atoms with Crippen LogP contribution < -0.4 is 20.7 Å². The molecule has 0 aliphatic heterocycles. The Hall–Kier alpha value is -2.73. The molecule has 0 unspecified atom stereocenters. The summed E-state index contributed by atoms with van der Waals surface area (Å²) in [4.78, 5) is 25.3. The quantitative estimate of drug-likeness (QED) is 0.704. The lowest BCUT2D eigenvalue weighted by Gasteiger charge is -2.24. The summed E-state index contributed by atoms with van der Waals surface area (Å²) >= 11 is 6.10. The fraction of sp³-hybridized carbons (Fsp3) is 0.263. The van der Waals surface area contributed by atoms with E-state index in [1.54, 1.807) is 30.2 Å². The zero-order chi connectivity index (χ0) is 18.9. The summed E-state index contributed by atoms with van der Waals surface area (Å²) < 4.78 is 5.14. The third-order valence-electron chi connectivity index (χ3n) is 3.83. The molecule has 0 fully saturated rings. The van der Waals surface area contributed by atoms with E-state index in [-0.39, 0.29) is 18.9 Å². The van der Waals surface area contributed by atoms with Gasteiger partial charge in [0.2, 0.25) is 11.8 Å². The maximum absolute atomic E-state index is 12.3. The molecule has 2 rings (SSSR count). The van der Waals surface area contributed by atoms with Crippen molar-refractivity contribution in [3.05, 3.63) is 59.1 Å². The van der Waals surface area contributed by atoms with E-state index in [0.717, 1.165) is 11.3 Å². The summed E-state index contributed by atoms with van der Waals surface area (Å²) in [6.07, 6.45) is 0.157. The summed E-state index contributed by atoms with van der Waals surface area (Å²) in [5.41, 5.74) is 6.89. The normalized spacial score (nSPS) is 10.2. The molecule has 0 bridgehead atoms. The van der Waals surface area contributed by atoms with Gasteiger partial charge in [0, 0.05) is 30.2 Å². The molecule has 2 aromatic carbocycles. The second kappa shape index (κ2) is 9.68. The van der Waals surface area contributed by atoms with Crippen LogP contribution in [0.15, 0.2) is 48.5 Å². The lowest BCUT2D eigenvalue weighted by molar-refractivity contribution is -0.120. The third kappa shape index (κ3) is 5.97. The molecule has 0 heterocycles. The highest BCUT2D eigenvalue weighted by molar-refractivity contribution is 6.31. The van der Waals surface area contributed by atoms with E-state index in [1.165, 1.54) is 0 Å². The van der Waals surface area contributed by atoms with Crippen molar-refractivity contribution in [2.45, 2.75) is 13.0 Å². The minimum absolute atomic E-state index is 0.101. The number of carbonyl (C=O) groups is 2. The second-order valence-corrected chi connectivity index (χ2v) is 6.11. The molecule has 2 amide bonds. The van der Waals surface area contributed by atoms with E-state index < -0.39 is 5.91 Å². The topological polar surface area (TPSA) is 84.7 Å². The average molecular weight is 376 g/mol. The number of ether oxygens (including phenoxy) is 1. The Kier molecular flexibility index (Phi) is 7.29. The molecule has 138 valence electrons. The van der Waals surface area contributed by atoms with E-state index in [2.05, 4.69) is 5.32 Å². The molecule has 0 aliphatic rings. The molecule has 26 heavy (non-hydrogen) atoms. The smallest absolute Gasteiger partial charge is 0.239 e. The number of nitrogens with one attached hydrogen (secondary N) is 1. The molecule has 6 nitrogen and oxygen atoms in total. The Morgan fingerprint density at radius 1 is 1.15 bits per heavy atom. The molecule has 7 heteroatoms. The average Bonchev–Trinajstić information content (AvgIpc) is 2.64. The molecule has 0 aliphatic carbocycles. The Labute approximate surface area is 157 Å². The number of anilines is 1. The van der Waals surface area contributed by atoms with Crippen LogP contribution >= 0.6 is 11.6 Å². The van der Waals surface area contributed by atoms with Crippen LogP contribution in [0.25, 0.3) is 0 Å². The van der Waals surface area contributed by atoms with Gasteiger partial charge in [-0.3, -0.25) is 9.59 Å². The first kappa shape index (κ1) is 19.6. The highest BCUT2D eigenvalue weighted by Crippen LogP contribution is 2.19. The number of carbonyl (C=O) groups excluding carboxylic acids is 2. The SMILES string of the molecule is COc1ccc(N(CCC(N)=O)CC(=O)NCc2ccccc2Cl)cc1. The van der Waals surface area contributed by atoms with Crippen molar-refractivity contribution in [2.75, 3.05) is 25.1 Å². The maximum Gasteiger partial charge on any atom is 0.239 e. The van der Waals surface area contributed by atoms with E-state index in [4.69, 9.17) is 22.1 Å². The van der Waals surface area contributed by atoms with Gasteiger partial charge in [-0.25, -0.2) is 0 Å². The summed E-state index contributed by atoms with van der Waals surface area (Å²) in [6, 6.07) is 14.6. The van der Waals surface area contributed by atoms with Crippen molar-refractivity contribution in [3.8, 4) is 5.75 Å². The minimum atomic E-state index is -0.417. The van der Waals surface area contributed by atoms with Crippen LogP contribution in [0.1, 0.15) is 12.0 Å². The summed E-state index contributed by atoms with van der Waals surface area (Å²) in [7, 11) is 1.59. The van der Waals surface area contributed by atoms with Gasteiger partial charge in [-0.1, -0.05) is 29.8 Å². The summed E-state index contributed by atoms with van der Waals surface area (Å²) in [5, 5.41) is 3.45. The number of hydrogen-bond donors (Lipinski definition) is 2. The van der Waals surface area contributed by atoms with Gasteiger partial charge in [-0.15, -0.1) is 0 Å². The first-order chi connectivity index (χ1) is 12.5.